The van der Waals surface area contributed by atoms with Crippen molar-refractivity contribution in [2.45, 2.75) is 172 Å². The van der Waals surface area contributed by atoms with E-state index in [-0.39, 0.29) is 43.3 Å². The highest BCUT2D eigenvalue weighted by Crippen LogP contribution is 2.33. The van der Waals surface area contributed by atoms with E-state index in [1.54, 1.807) is 37.3 Å². The van der Waals surface area contributed by atoms with Gasteiger partial charge in [-0.05, 0) is 34.7 Å². The van der Waals surface area contributed by atoms with Crippen LogP contribution in [0, 0.1) is 0 Å². The summed E-state index contributed by atoms with van der Waals surface area (Å²) in [6.45, 7) is -1.95. The molecule has 3 fully saturated rings. The second-order valence-electron chi connectivity index (χ2n) is 22.9. The molecule has 514 valence electrons. The molecule has 0 radical (unpaired) electrons. The number of benzene rings is 2. The lowest BCUT2D eigenvalue weighted by molar-refractivity contribution is -0.353. The number of nitrogens with two attached hydrogens (primary N) is 3. The number of aliphatic imine (C=N–C) groups is 2. The first-order chi connectivity index (χ1) is 44.4. The van der Waals surface area contributed by atoms with Gasteiger partial charge in [-0.2, -0.15) is 0 Å². The zero-order chi connectivity index (χ0) is 67.5. The normalized spacial score (nSPS) is 32.2. The minimum absolute atomic E-state index is 0.0313. The van der Waals surface area contributed by atoms with Crippen LogP contribution < -0.4 is 48.5 Å². The Hall–Kier alpha value is -6.73. The molecule has 93 heavy (non-hydrogen) atoms. The van der Waals surface area contributed by atoms with E-state index in [2.05, 4.69) is 36.6 Å². The molecular formula is C57H81N11O24S. The van der Waals surface area contributed by atoms with Gasteiger partial charge in [0.15, 0.2) is 24.4 Å². The molecule has 0 aliphatic carbocycles. The van der Waals surface area contributed by atoms with Gasteiger partial charge in [-0.25, -0.2) is 0 Å². The fraction of sp³-hybridized carbons (Fsp3) is 0.596. The molecule has 25 unspecified atom stereocenters. The number of nitrogens with one attached hydrogen (secondary N) is 5. The summed E-state index contributed by atoms with van der Waals surface area (Å²) in [6.07, 6.45) is -30.5. The quantitative estimate of drug-likeness (QED) is 0.0287. The van der Waals surface area contributed by atoms with Crippen molar-refractivity contribution in [3.05, 3.63) is 88.1 Å². The number of aliphatic hydroxyl groups excluding tert-OH is 13. The van der Waals surface area contributed by atoms with Gasteiger partial charge >= 0.3 is 0 Å². The van der Waals surface area contributed by atoms with E-state index in [1.807, 2.05) is 17.5 Å². The zero-order valence-electron chi connectivity index (χ0n) is 49.9. The summed E-state index contributed by atoms with van der Waals surface area (Å²) in [5, 5.41) is 156. The average molecular weight is 1340 g/mol. The minimum atomic E-state index is -2.26. The van der Waals surface area contributed by atoms with Crippen LogP contribution in [0.5, 0.6) is 5.75 Å². The molecule has 4 amide bonds. The molecule has 3 aromatic rings. The Morgan fingerprint density at radius 3 is 1.98 bits per heavy atom. The van der Waals surface area contributed by atoms with Crippen LogP contribution in [0.4, 0.5) is 0 Å². The van der Waals surface area contributed by atoms with Crippen molar-refractivity contribution in [2.24, 2.45) is 27.2 Å². The van der Waals surface area contributed by atoms with Gasteiger partial charge in [0.2, 0.25) is 29.9 Å². The van der Waals surface area contributed by atoms with Crippen LogP contribution in [-0.4, -0.2) is 299 Å². The predicted molar refractivity (Wildman–Crippen MR) is 319 cm³/mol. The number of guanidine groups is 2. The monoisotopic (exact) mass is 1340 g/mol. The lowest BCUT2D eigenvalue weighted by Crippen LogP contribution is -2.70. The molecule has 25 atom stereocenters. The van der Waals surface area contributed by atoms with Crippen LogP contribution in [0.2, 0.25) is 0 Å². The molecule has 0 bridgehead atoms. The Kier molecular flexibility index (Phi) is 25.3. The number of nitrogens with zero attached hydrogens (tertiary/aromatic N) is 3. The highest BCUT2D eigenvalue weighted by atomic mass is 32.1. The first-order valence-electron chi connectivity index (χ1n) is 29.6. The fourth-order valence-corrected chi connectivity index (χ4v) is 11.8. The van der Waals surface area contributed by atoms with Gasteiger partial charge in [0, 0.05) is 17.2 Å². The summed E-state index contributed by atoms with van der Waals surface area (Å²) < 4.78 is 34.6. The highest BCUT2D eigenvalue weighted by molar-refractivity contribution is 7.09. The maximum atomic E-state index is 14.9. The van der Waals surface area contributed by atoms with Crippen LogP contribution in [0.25, 0.3) is 0 Å². The van der Waals surface area contributed by atoms with Crippen LogP contribution in [0.15, 0.2) is 82.1 Å². The number of carbonyl (C=O) groups excluding carboxylic acids is 5. The van der Waals surface area contributed by atoms with Crippen molar-refractivity contribution in [3.8, 4) is 5.75 Å². The Balaban J connectivity index is 1.02. The van der Waals surface area contributed by atoms with E-state index >= 15 is 0 Å². The third-order valence-electron chi connectivity index (χ3n) is 16.6. The molecule has 8 rings (SSSR count). The van der Waals surface area contributed by atoms with Gasteiger partial charge in [-0.15, -0.1) is 11.3 Å². The van der Waals surface area contributed by atoms with Crippen LogP contribution in [0.3, 0.4) is 0 Å². The predicted octanol–water partition coefficient (Wildman–Crippen LogP) is -10.4. The van der Waals surface area contributed by atoms with Crippen molar-refractivity contribution in [1.82, 2.24) is 31.5 Å². The molecule has 5 aliphatic rings. The number of aliphatic hydroxyl groups is 13. The van der Waals surface area contributed by atoms with Crippen LogP contribution >= 0.6 is 11.3 Å². The highest BCUT2D eigenvalue weighted by Gasteiger charge is 2.54. The second-order valence-corrected chi connectivity index (χ2v) is 24.0. The van der Waals surface area contributed by atoms with Crippen molar-refractivity contribution >= 4 is 53.2 Å². The SMILES string of the molecule is CC(c1ccccc1)C(N)C(=O)NC(Cc1ccc(OC2OC(CO)C(OC3OC(COCc4cccs4)C(O)C(O)C3O)C(O)C2O)cc1)C(=O)NC(C(=O)NC(C(=O)NC(C=O)CO)C(O)C1CN=C(N)N1C1OC(CO)C(O)C(O)C1O)C(O)C1CN=C(N)N1. The number of aldehydes is 1. The number of thiophene rings is 1. The van der Waals surface area contributed by atoms with Gasteiger partial charge < -0.3 is 148 Å². The Bertz CT molecular complexity index is 3000. The maximum absolute atomic E-state index is 14.9. The van der Waals surface area contributed by atoms with Gasteiger partial charge in [0.05, 0.1) is 64.2 Å². The first-order valence-corrected chi connectivity index (χ1v) is 30.5. The van der Waals surface area contributed by atoms with E-state index in [0.717, 1.165) is 9.78 Å². The van der Waals surface area contributed by atoms with Crippen LogP contribution in [-0.2, 0) is 60.7 Å². The molecule has 5 aliphatic heterocycles. The van der Waals surface area contributed by atoms with Crippen molar-refractivity contribution < 1.29 is 119 Å². The van der Waals surface area contributed by atoms with E-state index in [4.69, 9.17) is 45.6 Å². The Morgan fingerprint density at radius 2 is 1.34 bits per heavy atom. The first kappa shape index (κ1) is 72.1. The number of carbonyl (C=O) groups is 5. The summed E-state index contributed by atoms with van der Waals surface area (Å²) in [4.78, 5) is 80.0. The van der Waals surface area contributed by atoms with E-state index < -0.39 is 215 Å². The van der Waals surface area contributed by atoms with Gasteiger partial charge in [0.1, 0.15) is 122 Å². The number of amides is 4. The van der Waals surface area contributed by atoms with E-state index in [0.29, 0.717) is 5.56 Å². The third kappa shape index (κ3) is 17.0. The number of hydrogen-bond acceptors (Lipinski definition) is 32. The van der Waals surface area contributed by atoms with Crippen LogP contribution in [0.1, 0.15) is 28.8 Å². The lowest BCUT2D eigenvalue weighted by atomic mass is 9.93. The van der Waals surface area contributed by atoms with Gasteiger partial charge in [-0.3, -0.25) is 29.2 Å². The van der Waals surface area contributed by atoms with Crippen molar-refractivity contribution in [3.63, 3.8) is 0 Å². The summed E-state index contributed by atoms with van der Waals surface area (Å²) in [6, 6.07) is 5.88. The lowest BCUT2D eigenvalue weighted by Gasteiger charge is -2.46. The largest absolute Gasteiger partial charge is 0.462 e. The average Bonchev–Trinajstić information content (AvgIpc) is 1.78. The number of ether oxygens (including phenoxy) is 6. The Morgan fingerprint density at radius 1 is 0.710 bits per heavy atom. The third-order valence-corrected chi connectivity index (χ3v) is 17.5. The molecule has 6 heterocycles. The topological polar surface area (TPSA) is 570 Å². The second kappa shape index (κ2) is 32.6. The molecule has 24 N–H and O–H groups in total. The van der Waals surface area contributed by atoms with Gasteiger partial charge in [-0.1, -0.05) is 55.5 Å². The molecule has 3 saturated heterocycles. The summed E-state index contributed by atoms with van der Waals surface area (Å²) in [7, 11) is 0. The summed E-state index contributed by atoms with van der Waals surface area (Å²) in [5.41, 5.74) is 19.5. The van der Waals surface area contributed by atoms with E-state index in [9.17, 15) is 90.4 Å². The molecule has 2 aromatic carbocycles. The van der Waals surface area contributed by atoms with Crippen molar-refractivity contribution in [2.75, 3.05) is 39.5 Å². The molecular weight excluding hydrogens is 1250 g/mol. The minimum Gasteiger partial charge on any atom is -0.462 e. The maximum Gasteiger partial charge on any atom is 0.246 e. The Labute approximate surface area is 534 Å². The van der Waals surface area contributed by atoms with Gasteiger partial charge in [0.25, 0.3) is 0 Å². The molecule has 1 aromatic heterocycles. The molecule has 0 saturated carbocycles. The molecule has 35 nitrogen and oxygen atoms in total. The summed E-state index contributed by atoms with van der Waals surface area (Å²) >= 11 is 1.42. The number of rotatable bonds is 29. The smallest absolute Gasteiger partial charge is 0.246 e. The van der Waals surface area contributed by atoms with E-state index in [1.165, 1.54) is 35.6 Å². The number of hydrogen-bond donors (Lipinski definition) is 21. The van der Waals surface area contributed by atoms with Crippen molar-refractivity contribution in [1.29, 1.82) is 0 Å². The zero-order valence-corrected chi connectivity index (χ0v) is 50.7. The fourth-order valence-electron chi connectivity index (χ4n) is 11.1. The molecule has 36 heteroatoms. The molecule has 0 spiro atoms. The standard InChI is InChI=1S/C57H81N11O24S/c1-23(25-6-3-2-4-7-25)35(58)50(84)64-29(14-24-9-11-27(12-10-24)88-54-47(82)44(79)48(33(20-72)90-54)92-55-46(81)43(78)41(76)34(91-55)22-87-21-28-8-5-13-93-28)49(83)66-36(38(73)30-15-61-56(59)65-30)52(86)67-37(51(85)63-26(17-69)18-70)39(74)31-16-62-57(60)68(31)53-45(80)42(77)40(75)32(19-71)89-53/h2-13,17,23,26,29-48,53-55,70-82H,14-16,18-22,58H2,1H3,(H2,60,62)(H,63,85)(H,64,84)(H,66,83)(H,67,86)(H3,59,61,65). The summed E-state index contributed by atoms with van der Waals surface area (Å²) in [5.74, 6) is -6.14.